The van der Waals surface area contributed by atoms with E-state index in [2.05, 4.69) is 6.92 Å². The molecule has 0 amide bonds. The number of nitrogens with two attached hydrogens (primary N) is 1. The van der Waals surface area contributed by atoms with Gasteiger partial charge in [0, 0.05) is 0 Å². The fourth-order valence-electron chi connectivity index (χ4n) is 1.30. The van der Waals surface area contributed by atoms with Crippen LogP contribution in [0.3, 0.4) is 0 Å². The molecular weight excluding hydrogens is 243 g/mol. The Morgan fingerprint density at radius 2 is 2.00 bits per heavy atom. The van der Waals surface area contributed by atoms with Gasteiger partial charge in [-0.1, -0.05) is 11.6 Å². The van der Waals surface area contributed by atoms with Gasteiger partial charge in [-0.25, -0.2) is 0 Å². The Balaban J connectivity index is 3.23. The summed E-state index contributed by atoms with van der Waals surface area (Å²) in [5, 5.41) is 8.82. The predicted octanol–water partition coefficient (Wildman–Crippen LogP) is 2.68. The summed E-state index contributed by atoms with van der Waals surface area (Å²) in [5.74, 6) is 0. The summed E-state index contributed by atoms with van der Waals surface area (Å²) < 4.78 is 37.6. The lowest BCUT2D eigenvalue weighted by atomic mass is 10.0. The first kappa shape index (κ1) is 13.1. The molecule has 0 aromatic heterocycles. The Hall–Kier alpha value is -0.940. The molecule has 0 spiro atoms. The van der Waals surface area contributed by atoms with Crippen LogP contribution in [0.1, 0.15) is 11.1 Å². The summed E-state index contributed by atoms with van der Waals surface area (Å²) in [6.45, 7) is 3.28. The number of hydrogen-bond acceptors (Lipinski definition) is 2. The molecule has 0 fully saturated rings. The molecule has 0 aliphatic carbocycles. The summed E-state index contributed by atoms with van der Waals surface area (Å²) in [4.78, 5) is 0. The third-order valence-corrected chi connectivity index (χ3v) is 2.28. The van der Waals surface area contributed by atoms with Gasteiger partial charge in [0.15, 0.2) is 0 Å². The van der Waals surface area contributed by atoms with Crippen LogP contribution in [0.4, 0.5) is 18.9 Å². The summed E-state index contributed by atoms with van der Waals surface area (Å²) in [7, 11) is 0. The summed E-state index contributed by atoms with van der Waals surface area (Å²) in [6, 6.07) is 2.16. The molecule has 0 unspecified atom stereocenters. The highest BCUT2D eigenvalue weighted by Crippen LogP contribution is 2.37. The maximum Gasteiger partial charge on any atom is 0.418 e. The molecule has 16 heavy (non-hydrogen) atoms. The van der Waals surface area contributed by atoms with Crippen molar-refractivity contribution in [2.45, 2.75) is 18.7 Å². The van der Waals surface area contributed by atoms with E-state index in [1.54, 1.807) is 0 Å². The minimum Gasteiger partial charge on any atom is -0.397 e. The smallest absolute Gasteiger partial charge is 0.397 e. The molecule has 0 saturated carbocycles. The number of aliphatic hydroxyl groups excluding tert-OH is 1. The summed E-state index contributed by atoms with van der Waals surface area (Å²) in [5.41, 5.74) is 3.99. The van der Waals surface area contributed by atoms with Crippen molar-refractivity contribution in [1.29, 1.82) is 0 Å². The first-order valence-corrected chi connectivity index (χ1v) is 4.76. The normalized spacial score (nSPS) is 13.9. The molecule has 1 aromatic carbocycles. The number of halogens is 4. The first-order valence-electron chi connectivity index (χ1n) is 4.38. The molecule has 0 aliphatic rings. The Morgan fingerprint density at radius 1 is 1.44 bits per heavy atom. The van der Waals surface area contributed by atoms with Crippen LogP contribution in [0.15, 0.2) is 12.1 Å². The number of aliphatic hydroxyl groups is 1. The molecule has 1 atom stereocenters. The zero-order valence-electron chi connectivity index (χ0n) is 8.18. The molecule has 0 heterocycles. The van der Waals surface area contributed by atoms with Crippen LogP contribution in [-0.4, -0.2) is 11.2 Å². The molecule has 1 radical (unpaired) electrons. The molecule has 6 heteroatoms. The van der Waals surface area contributed by atoms with Crippen molar-refractivity contribution in [3.63, 3.8) is 0 Å². The van der Waals surface area contributed by atoms with Gasteiger partial charge in [0.1, 0.15) is 0 Å². The van der Waals surface area contributed by atoms with Crippen LogP contribution in [-0.2, 0) is 12.6 Å². The minimum atomic E-state index is -4.56. The van der Waals surface area contributed by atoms with E-state index in [0.717, 1.165) is 6.07 Å². The van der Waals surface area contributed by atoms with E-state index in [0.29, 0.717) is 0 Å². The Morgan fingerprint density at radius 3 is 2.44 bits per heavy atom. The maximum absolute atomic E-state index is 12.5. The lowest BCUT2D eigenvalue weighted by molar-refractivity contribution is -0.137. The van der Waals surface area contributed by atoms with Gasteiger partial charge < -0.3 is 10.8 Å². The van der Waals surface area contributed by atoms with Crippen LogP contribution in [0.5, 0.6) is 0 Å². The van der Waals surface area contributed by atoms with E-state index in [1.807, 2.05) is 0 Å². The molecule has 1 rings (SSSR count). The number of nitrogen functional groups attached to an aromatic ring is 1. The predicted molar refractivity (Wildman–Crippen MR) is 55.9 cm³/mol. The van der Waals surface area contributed by atoms with Crippen molar-refractivity contribution in [3.8, 4) is 0 Å². The number of benzene rings is 1. The average molecular weight is 253 g/mol. The third-order valence-electron chi connectivity index (χ3n) is 1.97. The van der Waals surface area contributed by atoms with Gasteiger partial charge >= 0.3 is 6.18 Å². The molecule has 2 nitrogen and oxygen atoms in total. The highest BCUT2D eigenvalue weighted by atomic mass is 35.5. The maximum atomic E-state index is 12.5. The van der Waals surface area contributed by atoms with Crippen LogP contribution in [0, 0.1) is 6.92 Å². The van der Waals surface area contributed by atoms with E-state index in [1.165, 1.54) is 6.07 Å². The third kappa shape index (κ3) is 3.02. The molecule has 3 N–H and O–H groups in total. The van der Waals surface area contributed by atoms with Crippen LogP contribution >= 0.6 is 11.6 Å². The van der Waals surface area contributed by atoms with Gasteiger partial charge in [-0.2, -0.15) is 13.2 Å². The van der Waals surface area contributed by atoms with Gasteiger partial charge in [-0.05, 0) is 31.0 Å². The number of alkyl halides is 3. The quantitative estimate of drug-likeness (QED) is 0.795. The Labute approximate surface area is 95.8 Å². The summed E-state index contributed by atoms with van der Waals surface area (Å²) >= 11 is 5.58. The second kappa shape index (κ2) is 4.51. The first-order chi connectivity index (χ1) is 7.21. The standard InChI is InChI=1S/C10H10ClF3NO/c1-5(16)2-6-3-7(10(12,13)14)9(15)8(11)4-6/h3-5,16H,1-2,15H2/t5-/m1/s1. The van der Waals surface area contributed by atoms with E-state index in [4.69, 9.17) is 22.4 Å². The molecule has 0 saturated heterocycles. The number of anilines is 1. The number of hydrogen-bond donors (Lipinski definition) is 2. The van der Waals surface area contributed by atoms with Gasteiger partial charge in [0.2, 0.25) is 0 Å². The van der Waals surface area contributed by atoms with Crippen molar-refractivity contribution >= 4 is 17.3 Å². The van der Waals surface area contributed by atoms with Gasteiger partial charge in [-0.15, -0.1) is 0 Å². The van der Waals surface area contributed by atoms with Gasteiger partial charge in [0.25, 0.3) is 0 Å². The second-order valence-electron chi connectivity index (χ2n) is 3.39. The monoisotopic (exact) mass is 252 g/mol. The van der Waals surface area contributed by atoms with Crippen molar-refractivity contribution in [3.05, 3.63) is 35.2 Å². The van der Waals surface area contributed by atoms with Crippen molar-refractivity contribution < 1.29 is 18.3 Å². The zero-order valence-corrected chi connectivity index (χ0v) is 8.94. The largest absolute Gasteiger partial charge is 0.418 e. The van der Waals surface area contributed by atoms with E-state index in [-0.39, 0.29) is 17.0 Å². The summed E-state index contributed by atoms with van der Waals surface area (Å²) in [6.07, 6.45) is -5.56. The van der Waals surface area contributed by atoms with Crippen LogP contribution < -0.4 is 5.73 Å². The lowest BCUT2D eigenvalue weighted by Gasteiger charge is -2.14. The minimum absolute atomic E-state index is 0.0108. The number of rotatable bonds is 2. The van der Waals surface area contributed by atoms with Crippen molar-refractivity contribution in [1.82, 2.24) is 0 Å². The van der Waals surface area contributed by atoms with Crippen LogP contribution in [0.2, 0.25) is 5.02 Å². The highest BCUT2D eigenvalue weighted by molar-refractivity contribution is 6.33. The fraction of sp³-hybridized carbons (Fsp3) is 0.300. The van der Waals surface area contributed by atoms with Crippen molar-refractivity contribution in [2.75, 3.05) is 5.73 Å². The fourth-order valence-corrected chi connectivity index (χ4v) is 1.54. The van der Waals surface area contributed by atoms with E-state index in [9.17, 15) is 13.2 Å². The molecular formula is C10H10ClF3NO. The Bertz CT molecular complexity index is 390. The van der Waals surface area contributed by atoms with Crippen LogP contribution in [0.25, 0.3) is 0 Å². The molecule has 0 aliphatic heterocycles. The van der Waals surface area contributed by atoms with Gasteiger partial charge in [0.05, 0.1) is 22.4 Å². The highest BCUT2D eigenvalue weighted by Gasteiger charge is 2.34. The zero-order chi connectivity index (χ0) is 12.5. The lowest BCUT2D eigenvalue weighted by Crippen LogP contribution is -2.12. The molecule has 1 aromatic rings. The second-order valence-corrected chi connectivity index (χ2v) is 3.80. The topological polar surface area (TPSA) is 46.2 Å². The average Bonchev–Trinajstić information content (AvgIpc) is 2.08. The van der Waals surface area contributed by atoms with Crippen molar-refractivity contribution in [2.24, 2.45) is 0 Å². The SMILES string of the molecule is [CH2][C@@H](O)Cc1cc(Cl)c(N)c(C(F)(F)F)c1. The van der Waals surface area contributed by atoms with Gasteiger partial charge in [-0.3, -0.25) is 0 Å². The van der Waals surface area contributed by atoms with E-state index < -0.39 is 23.5 Å². The molecule has 0 bridgehead atoms. The van der Waals surface area contributed by atoms with E-state index >= 15 is 0 Å². The Kier molecular flexibility index (Phi) is 3.70. The molecule has 89 valence electrons.